The number of hydrazine groups is 1. The molecule has 16 N–H and O–H groups in total. The number of carbonyl (C=O) groups is 19. The Morgan fingerprint density at radius 3 is 0.864 bits per heavy atom. The van der Waals surface area contributed by atoms with E-state index in [-0.39, 0.29) is 19.6 Å². The lowest BCUT2D eigenvalue weighted by Gasteiger charge is -2.22. The van der Waals surface area contributed by atoms with Gasteiger partial charge in [0, 0.05) is 25.2 Å². The summed E-state index contributed by atoms with van der Waals surface area (Å²) >= 11 is 0. The van der Waals surface area contributed by atoms with E-state index in [9.17, 15) is 106 Å². The average molecular weight is 1160 g/mol. The molecule has 1 aliphatic heterocycles. The Morgan fingerprint density at radius 1 is 0.333 bits per heavy atom. The molecule has 446 valence electrons. The predicted molar refractivity (Wildman–Crippen MR) is 258 cm³/mol. The van der Waals surface area contributed by atoms with Crippen molar-refractivity contribution in [2.75, 3.05) is 131 Å². The third kappa shape index (κ3) is 30.9. The molecule has 0 unspecified atom stereocenters. The molecule has 0 aromatic carbocycles. The molecular formula is C41H58N16O24. The highest BCUT2D eigenvalue weighted by Gasteiger charge is 2.27. The first-order valence-electron chi connectivity index (χ1n) is 23.1. The Morgan fingerprint density at radius 2 is 0.580 bits per heavy atom. The standard InChI is InChI=1S/C41H58N16O24/c58-22-42-5-23(59)48-10-34(70)55(20-40(78)79)16-30(66)46-7-25(61)50-11-35(71)53(18-38(74)75)14-28(64)43-3-4-44-29(65)15-54(19-39(76)77)36(72)12-51-26(62)8-47-31(67)17-56(21-41(80)81)37(73)13-49-24(60)6-45-27(63)9-52-57-32(68)1-2-33(57)69/h1-2,42,52,58H,3-22H2,(H,43,64)(H,44,65)(H,45,63)(H,46,66)(H,47,67)(H,48,59)(H,49,60)(H,50,61)(H,51,62)(H,74,75)(H,76,77)(H,78,79)(H,80,81). The monoisotopic (exact) mass is 1160 g/mol. The largest absolute Gasteiger partial charge is 0.480 e. The van der Waals surface area contributed by atoms with Gasteiger partial charge in [0.2, 0.25) is 76.8 Å². The summed E-state index contributed by atoms with van der Waals surface area (Å²) < 4.78 is 0. The van der Waals surface area contributed by atoms with Crippen molar-refractivity contribution in [2.45, 2.75) is 0 Å². The number of rotatable bonds is 39. The van der Waals surface area contributed by atoms with Crippen LogP contribution in [0.2, 0.25) is 0 Å². The molecule has 1 rings (SSSR count). The lowest BCUT2D eigenvalue weighted by atomic mass is 10.3. The lowest BCUT2D eigenvalue weighted by molar-refractivity contribution is -0.146. The smallest absolute Gasteiger partial charge is 0.323 e. The number of carboxylic acids is 4. The van der Waals surface area contributed by atoms with E-state index in [0.717, 1.165) is 12.2 Å². The van der Waals surface area contributed by atoms with E-state index in [0.29, 0.717) is 24.6 Å². The van der Waals surface area contributed by atoms with Gasteiger partial charge in [-0.2, -0.15) is 0 Å². The molecule has 0 aliphatic carbocycles. The van der Waals surface area contributed by atoms with E-state index in [4.69, 9.17) is 10.2 Å². The average Bonchev–Trinajstić information content (AvgIpc) is 3.71. The maximum absolute atomic E-state index is 12.8. The molecule has 1 aliphatic rings. The summed E-state index contributed by atoms with van der Waals surface area (Å²) in [6.45, 7) is -15.9. The SMILES string of the molecule is O=C(O)CN(CC(=O)NCCNC(=O)CN(CC(=O)O)C(=O)CNC(=O)CNC(=O)CN(CC(=O)O)C(=O)CNC(=O)CNC(=O)CNN1C(=O)C=CC1=O)C(=O)CNC(=O)CNC(=O)CN(CC(=O)O)C(=O)CNC(=O)CNCO. The summed E-state index contributed by atoms with van der Waals surface area (Å²) in [5.41, 5.74) is 2.23. The molecule has 40 nitrogen and oxygen atoms in total. The molecule has 15 amide bonds. The molecule has 81 heavy (non-hydrogen) atoms. The molecule has 0 aromatic rings. The van der Waals surface area contributed by atoms with Gasteiger partial charge in [-0.25, -0.2) is 10.4 Å². The normalized spacial score (nSPS) is 11.1. The van der Waals surface area contributed by atoms with Crippen LogP contribution in [0.5, 0.6) is 0 Å². The topological polar surface area (TPSA) is 574 Å². The van der Waals surface area contributed by atoms with E-state index in [2.05, 4.69) is 48.0 Å². The summed E-state index contributed by atoms with van der Waals surface area (Å²) in [6, 6.07) is 0. The first-order valence-corrected chi connectivity index (χ1v) is 23.1. The Kier molecular flexibility index (Phi) is 31.2. The van der Waals surface area contributed by atoms with Crippen LogP contribution in [0.1, 0.15) is 0 Å². The number of aliphatic hydroxyl groups excluding tert-OH is 1. The van der Waals surface area contributed by atoms with Crippen LogP contribution in [0, 0.1) is 0 Å². The van der Waals surface area contributed by atoms with Crippen molar-refractivity contribution in [1.82, 2.24) is 83.2 Å². The van der Waals surface area contributed by atoms with E-state index >= 15 is 0 Å². The molecule has 0 bridgehead atoms. The van der Waals surface area contributed by atoms with Crippen LogP contribution in [0.25, 0.3) is 0 Å². The molecular weight excluding hydrogens is 1100 g/mol. The van der Waals surface area contributed by atoms with Crippen molar-refractivity contribution in [1.29, 1.82) is 0 Å². The van der Waals surface area contributed by atoms with Crippen molar-refractivity contribution in [3.8, 4) is 0 Å². The third-order valence-corrected chi connectivity index (χ3v) is 9.51. The number of carbonyl (C=O) groups excluding carboxylic acids is 15. The molecule has 0 saturated carbocycles. The second-order valence-electron chi connectivity index (χ2n) is 16.0. The number of carboxylic acid groups (broad SMARTS) is 4. The van der Waals surface area contributed by atoms with E-state index < -0.39 is 224 Å². The molecule has 0 atom stereocenters. The first-order chi connectivity index (χ1) is 38.1. The molecule has 0 radical (unpaired) electrons. The van der Waals surface area contributed by atoms with Gasteiger partial charge in [0.25, 0.3) is 11.8 Å². The van der Waals surface area contributed by atoms with Crippen LogP contribution >= 0.6 is 0 Å². The van der Waals surface area contributed by atoms with E-state index in [1.165, 1.54) is 0 Å². The molecule has 40 heteroatoms. The highest BCUT2D eigenvalue weighted by atomic mass is 16.4. The van der Waals surface area contributed by atoms with Crippen molar-refractivity contribution < 1.29 is 117 Å². The quantitative estimate of drug-likeness (QED) is 0.0154. The minimum atomic E-state index is -1.60. The Bertz CT molecular complexity index is 2450. The Hall–Kier alpha value is -10.2. The van der Waals surface area contributed by atoms with Crippen molar-refractivity contribution in [3.63, 3.8) is 0 Å². The fourth-order valence-electron chi connectivity index (χ4n) is 5.77. The summed E-state index contributed by atoms with van der Waals surface area (Å²) in [7, 11) is 0. The zero-order valence-electron chi connectivity index (χ0n) is 42.5. The van der Waals surface area contributed by atoms with Gasteiger partial charge in [-0.05, 0) is 0 Å². The van der Waals surface area contributed by atoms with Crippen molar-refractivity contribution >= 4 is 112 Å². The van der Waals surface area contributed by atoms with Gasteiger partial charge in [0.1, 0.15) is 52.4 Å². The lowest BCUT2D eigenvalue weighted by Crippen LogP contribution is -2.51. The van der Waals surface area contributed by atoms with E-state index in [1.807, 2.05) is 10.6 Å². The van der Waals surface area contributed by atoms with Gasteiger partial charge < -0.3 is 93.0 Å². The van der Waals surface area contributed by atoms with E-state index in [1.54, 1.807) is 0 Å². The van der Waals surface area contributed by atoms with Crippen LogP contribution in [0.3, 0.4) is 0 Å². The fourth-order valence-corrected chi connectivity index (χ4v) is 5.77. The molecule has 0 spiro atoms. The molecule has 0 fully saturated rings. The second kappa shape index (κ2) is 36.7. The maximum atomic E-state index is 12.8. The minimum absolute atomic E-state index is 0.383. The summed E-state index contributed by atoms with van der Waals surface area (Å²) in [6.07, 6.45) is 1.90. The number of hydrogen-bond donors (Lipinski definition) is 16. The Balaban J connectivity index is 2.57. The highest BCUT2D eigenvalue weighted by molar-refractivity contribution is 6.12. The predicted octanol–water partition coefficient (Wildman–Crippen LogP) is -14.3. The minimum Gasteiger partial charge on any atom is -0.480 e. The second-order valence-corrected chi connectivity index (χ2v) is 16.0. The van der Waals surface area contributed by atoms with Gasteiger partial charge in [-0.1, -0.05) is 0 Å². The fraction of sp³-hybridized carbons (Fsp3) is 0.488. The number of nitrogens with zero attached hydrogens (tertiary/aromatic N) is 5. The first kappa shape index (κ1) is 68.8. The zero-order valence-corrected chi connectivity index (χ0v) is 42.5. The summed E-state index contributed by atoms with van der Waals surface area (Å²) in [5.74, 6) is -20.9. The van der Waals surface area contributed by atoms with Crippen LogP contribution in [0.15, 0.2) is 12.2 Å². The highest BCUT2D eigenvalue weighted by Crippen LogP contribution is 1.99. The van der Waals surface area contributed by atoms with Gasteiger partial charge in [-0.15, -0.1) is 0 Å². The summed E-state index contributed by atoms with van der Waals surface area (Å²) in [4.78, 5) is 231. The zero-order chi connectivity index (χ0) is 61.2. The van der Waals surface area contributed by atoms with Crippen LogP contribution in [-0.2, 0) is 91.1 Å². The number of aliphatic carboxylic acids is 4. The van der Waals surface area contributed by atoms with Crippen molar-refractivity contribution in [3.05, 3.63) is 12.2 Å². The van der Waals surface area contributed by atoms with Gasteiger partial charge >= 0.3 is 23.9 Å². The molecule has 0 aromatic heterocycles. The maximum Gasteiger partial charge on any atom is 0.323 e. The van der Waals surface area contributed by atoms with Crippen LogP contribution in [0.4, 0.5) is 0 Å². The Labute approximate surface area is 454 Å². The number of hydrogen-bond acceptors (Lipinski definition) is 22. The third-order valence-electron chi connectivity index (χ3n) is 9.51. The van der Waals surface area contributed by atoms with Crippen molar-refractivity contribution in [2.24, 2.45) is 0 Å². The van der Waals surface area contributed by atoms with Crippen LogP contribution in [-0.4, -0.2) is 294 Å². The number of aliphatic hydroxyl groups is 1. The van der Waals surface area contributed by atoms with Gasteiger partial charge in [0.15, 0.2) is 0 Å². The van der Waals surface area contributed by atoms with Crippen LogP contribution < -0.4 is 58.6 Å². The molecule has 1 heterocycles. The number of amides is 15. The summed E-state index contributed by atoms with van der Waals surface area (Å²) in [5, 5.41) is 67.4. The number of imide groups is 1. The number of nitrogens with one attached hydrogen (secondary N) is 11. The van der Waals surface area contributed by atoms with Gasteiger partial charge in [-0.3, -0.25) is 96.4 Å². The molecule has 0 saturated heterocycles. The van der Waals surface area contributed by atoms with Gasteiger partial charge in [0.05, 0.1) is 65.6 Å².